The number of halogens is 1. The quantitative estimate of drug-likeness (QED) is 0.287. The molecule has 2 saturated heterocycles. The molecule has 3 heterocycles. The number of aliphatic hydroxyl groups excluding tert-OH is 1. The summed E-state index contributed by atoms with van der Waals surface area (Å²) >= 11 is 0. The van der Waals surface area contributed by atoms with Crippen molar-refractivity contribution >= 4 is 33.8 Å². The molecule has 0 radical (unpaired) electrons. The molecule has 0 spiro atoms. The monoisotopic (exact) mass is 754 g/mol. The van der Waals surface area contributed by atoms with Gasteiger partial charge in [0.05, 0.1) is 17.4 Å². The summed E-state index contributed by atoms with van der Waals surface area (Å²) in [6.45, 7) is 9.16. The van der Waals surface area contributed by atoms with E-state index in [1.807, 2.05) is 58.0 Å². The van der Waals surface area contributed by atoms with Gasteiger partial charge >= 0.3 is 12.1 Å². The standard InChI is InChI=1S/C40H55FN4O7S/c1-28-11-13-35(46)27-38(47)52-39(29(2)12-14-37(28)51-40(48)44-21-19-42(4)20-22-44)30(3)23-31-24-32(41)26-34(25-31)43(5)33-15-17-45(18-16-33)53(49,50)36-9-7-6-8-10-36/h6-10,12,14,23-26,28-29,33,35,37,39,46H,11,13,15-22,27H2,1-5H3/b14-12+,30-23+/t28-,29-,35+,37-,39-/m0/s1. The molecule has 5 atom stereocenters. The summed E-state index contributed by atoms with van der Waals surface area (Å²) in [5.74, 6) is -1.39. The second-order valence-electron chi connectivity index (χ2n) is 14.9. The lowest BCUT2D eigenvalue weighted by molar-refractivity contribution is -0.151. The van der Waals surface area contributed by atoms with E-state index < -0.39 is 40.1 Å². The summed E-state index contributed by atoms with van der Waals surface area (Å²) in [7, 11) is 0.324. The Morgan fingerprint density at radius 3 is 2.34 bits per heavy atom. The molecule has 0 aliphatic carbocycles. The van der Waals surface area contributed by atoms with Gasteiger partial charge in [0.15, 0.2) is 0 Å². The van der Waals surface area contributed by atoms with Crippen LogP contribution in [0.4, 0.5) is 14.9 Å². The van der Waals surface area contributed by atoms with E-state index >= 15 is 4.39 Å². The van der Waals surface area contributed by atoms with Crippen LogP contribution >= 0.6 is 0 Å². The largest absolute Gasteiger partial charge is 0.457 e. The average molecular weight is 755 g/mol. The first-order chi connectivity index (χ1) is 25.2. The lowest BCUT2D eigenvalue weighted by Gasteiger charge is -2.37. The number of ether oxygens (including phenoxy) is 2. The molecule has 1 amide bonds. The number of aliphatic hydroxyl groups is 1. The molecule has 0 aromatic heterocycles. The molecule has 5 rings (SSSR count). The molecule has 2 aromatic carbocycles. The number of benzene rings is 2. The Morgan fingerprint density at radius 2 is 1.66 bits per heavy atom. The first-order valence-electron chi connectivity index (χ1n) is 18.7. The number of amides is 1. The number of piperazine rings is 1. The van der Waals surface area contributed by atoms with E-state index in [4.69, 9.17) is 9.47 Å². The van der Waals surface area contributed by atoms with E-state index in [1.165, 1.54) is 16.4 Å². The van der Waals surface area contributed by atoms with E-state index in [1.54, 1.807) is 41.3 Å². The van der Waals surface area contributed by atoms with Gasteiger partial charge in [-0.3, -0.25) is 4.79 Å². The first kappa shape index (κ1) is 40.4. The van der Waals surface area contributed by atoms with Crippen molar-refractivity contribution in [3.05, 3.63) is 77.6 Å². The van der Waals surface area contributed by atoms with Crippen LogP contribution in [0.25, 0.3) is 6.08 Å². The van der Waals surface area contributed by atoms with Crippen LogP contribution in [-0.4, -0.2) is 117 Å². The third-order valence-corrected chi connectivity index (χ3v) is 12.7. The number of sulfonamides is 1. The van der Waals surface area contributed by atoms with Gasteiger partial charge < -0.3 is 29.3 Å². The van der Waals surface area contributed by atoms with E-state index in [-0.39, 0.29) is 35.3 Å². The van der Waals surface area contributed by atoms with Crippen molar-refractivity contribution in [2.75, 3.05) is 58.3 Å². The topological polar surface area (TPSA) is 120 Å². The highest BCUT2D eigenvalue weighted by Gasteiger charge is 2.32. The Hall–Kier alpha value is -3.78. The number of esters is 1. The highest BCUT2D eigenvalue weighted by Crippen LogP contribution is 2.30. The molecule has 13 heteroatoms. The van der Waals surface area contributed by atoms with Crippen LogP contribution in [0.15, 0.2) is 71.2 Å². The van der Waals surface area contributed by atoms with Crippen LogP contribution in [0.1, 0.15) is 58.4 Å². The van der Waals surface area contributed by atoms with Crippen LogP contribution in [-0.2, 0) is 24.3 Å². The predicted octanol–water partition coefficient (Wildman–Crippen LogP) is 5.56. The van der Waals surface area contributed by atoms with Gasteiger partial charge in [0.2, 0.25) is 10.0 Å². The van der Waals surface area contributed by atoms with Gasteiger partial charge in [0, 0.05) is 64.0 Å². The lowest BCUT2D eigenvalue weighted by Crippen LogP contribution is -2.48. The van der Waals surface area contributed by atoms with Gasteiger partial charge in [0.1, 0.15) is 18.0 Å². The summed E-state index contributed by atoms with van der Waals surface area (Å²) in [4.78, 5) is 32.3. The number of rotatable bonds is 7. The molecule has 0 saturated carbocycles. The predicted molar refractivity (Wildman–Crippen MR) is 203 cm³/mol. The number of piperidine rings is 1. The third-order valence-electron chi connectivity index (χ3n) is 10.8. The van der Waals surface area contributed by atoms with Gasteiger partial charge in [-0.1, -0.05) is 44.2 Å². The number of cyclic esters (lactones) is 1. The summed E-state index contributed by atoms with van der Waals surface area (Å²) in [5, 5.41) is 10.7. The van der Waals surface area contributed by atoms with E-state index in [2.05, 4.69) is 4.90 Å². The lowest BCUT2D eigenvalue weighted by atomic mass is 9.91. The van der Waals surface area contributed by atoms with Crippen molar-refractivity contribution in [1.29, 1.82) is 0 Å². The molecular weight excluding hydrogens is 700 g/mol. The van der Waals surface area contributed by atoms with Crippen LogP contribution < -0.4 is 4.90 Å². The second-order valence-corrected chi connectivity index (χ2v) is 16.8. The maximum atomic E-state index is 15.2. The number of nitrogens with zero attached hydrogens (tertiary/aromatic N) is 4. The zero-order valence-electron chi connectivity index (χ0n) is 31.6. The Morgan fingerprint density at radius 1 is 0.981 bits per heavy atom. The number of carbonyl (C=O) groups excluding carboxylic acids is 2. The van der Waals surface area contributed by atoms with Crippen molar-refractivity contribution in [2.24, 2.45) is 11.8 Å². The zero-order valence-corrected chi connectivity index (χ0v) is 32.4. The molecule has 0 bridgehead atoms. The minimum absolute atomic E-state index is 0.00138. The molecule has 1 N–H and O–H groups in total. The normalized spacial score (nSPS) is 26.9. The van der Waals surface area contributed by atoms with Gasteiger partial charge in [-0.05, 0) is 93.1 Å². The van der Waals surface area contributed by atoms with E-state index in [9.17, 15) is 23.1 Å². The van der Waals surface area contributed by atoms with Gasteiger partial charge in [-0.25, -0.2) is 17.6 Å². The number of hydrogen-bond acceptors (Lipinski definition) is 9. The smallest absolute Gasteiger partial charge is 0.410 e. The van der Waals surface area contributed by atoms with Crippen molar-refractivity contribution in [3.63, 3.8) is 0 Å². The molecule has 3 aliphatic rings. The van der Waals surface area contributed by atoms with Crippen molar-refractivity contribution < 1.29 is 37.0 Å². The van der Waals surface area contributed by atoms with Crippen LogP contribution in [0.3, 0.4) is 0 Å². The zero-order chi connectivity index (χ0) is 38.3. The highest BCUT2D eigenvalue weighted by molar-refractivity contribution is 7.89. The minimum Gasteiger partial charge on any atom is -0.457 e. The first-order valence-corrected chi connectivity index (χ1v) is 20.1. The van der Waals surface area contributed by atoms with Gasteiger partial charge in [0.25, 0.3) is 0 Å². The van der Waals surface area contributed by atoms with Gasteiger partial charge in [-0.2, -0.15) is 4.31 Å². The fourth-order valence-corrected chi connectivity index (χ4v) is 8.77. The number of hydrogen-bond donors (Lipinski definition) is 1. The van der Waals surface area contributed by atoms with Crippen molar-refractivity contribution in [2.45, 2.75) is 82.1 Å². The number of anilines is 1. The van der Waals surface area contributed by atoms with Crippen LogP contribution in [0.2, 0.25) is 0 Å². The fraction of sp³-hybridized carbons (Fsp3) is 0.550. The van der Waals surface area contributed by atoms with Gasteiger partial charge in [-0.15, -0.1) is 0 Å². The Bertz CT molecular complexity index is 1720. The summed E-state index contributed by atoms with van der Waals surface area (Å²) in [5.41, 5.74) is 1.92. The molecule has 2 fully saturated rings. The highest BCUT2D eigenvalue weighted by atomic mass is 32.2. The van der Waals surface area contributed by atoms with Crippen molar-refractivity contribution in [3.8, 4) is 0 Å². The molecule has 0 unspecified atom stereocenters. The Labute approximate surface area is 314 Å². The van der Waals surface area contributed by atoms with E-state index in [0.717, 1.165) is 13.1 Å². The minimum atomic E-state index is -3.59. The van der Waals surface area contributed by atoms with Crippen LogP contribution in [0.5, 0.6) is 0 Å². The molecule has 11 nitrogen and oxygen atoms in total. The van der Waals surface area contributed by atoms with Crippen molar-refractivity contribution in [1.82, 2.24) is 14.1 Å². The molecule has 53 heavy (non-hydrogen) atoms. The summed E-state index contributed by atoms with van der Waals surface area (Å²) < 4.78 is 55.0. The molecular formula is C40H55FN4O7S. The second kappa shape index (κ2) is 18.0. The molecule has 3 aliphatic heterocycles. The summed E-state index contributed by atoms with van der Waals surface area (Å²) in [6.07, 6.45) is 4.93. The fourth-order valence-electron chi connectivity index (χ4n) is 7.28. The SMILES string of the molecule is C/C(=C\c1cc(F)cc(N(C)C2CCN(S(=O)(=O)c3ccccc3)CC2)c1)[C@H]1OC(=O)C[C@H](O)CC[C@H](C)[C@@H](OC(=O)N2CCN(C)CC2)/C=C/[C@@H]1C. The maximum Gasteiger partial charge on any atom is 0.410 e. The van der Waals surface area contributed by atoms with Crippen LogP contribution in [0, 0.1) is 17.7 Å². The summed E-state index contributed by atoms with van der Waals surface area (Å²) in [6, 6.07) is 13.2. The average Bonchev–Trinajstić information content (AvgIpc) is 3.14. The number of carbonyl (C=O) groups is 2. The Kier molecular flexibility index (Phi) is 13.7. The third kappa shape index (κ3) is 10.7. The molecule has 290 valence electrons. The number of likely N-dealkylation sites (N-methyl/N-ethyl adjacent to an activating group) is 1. The molecule has 2 aromatic rings. The maximum absolute atomic E-state index is 15.2. The van der Waals surface area contributed by atoms with E-state index in [0.29, 0.717) is 68.7 Å². The Balaban J connectivity index is 1.31.